The Bertz CT molecular complexity index is 1030. The lowest BCUT2D eigenvalue weighted by molar-refractivity contribution is -0.158. The predicted octanol–water partition coefficient (Wildman–Crippen LogP) is 2.96. The summed E-state index contributed by atoms with van der Waals surface area (Å²) >= 11 is 0. The van der Waals surface area contributed by atoms with Gasteiger partial charge in [0.05, 0.1) is 11.9 Å². The second-order valence-corrected chi connectivity index (χ2v) is 8.22. The summed E-state index contributed by atoms with van der Waals surface area (Å²) < 4.78 is 5.16. The quantitative estimate of drug-likeness (QED) is 0.324. The monoisotopic (exact) mass is 467 g/mol. The third kappa shape index (κ3) is 5.59. The number of carboxylic acid groups (broad SMARTS) is 1. The van der Waals surface area contributed by atoms with Crippen molar-refractivity contribution in [2.75, 3.05) is 6.61 Å². The maximum atomic E-state index is 13.5. The summed E-state index contributed by atoms with van der Waals surface area (Å²) in [6.07, 6.45) is 0.831. The van der Waals surface area contributed by atoms with Gasteiger partial charge in [-0.2, -0.15) is 0 Å². The molecule has 1 amide bonds. The lowest BCUT2D eigenvalue weighted by Gasteiger charge is -2.38. The maximum Gasteiger partial charge on any atom is 0.330 e. The van der Waals surface area contributed by atoms with E-state index in [2.05, 4.69) is 5.29 Å². The Morgan fingerprint density at radius 3 is 2.38 bits per heavy atom. The highest BCUT2D eigenvalue weighted by atomic mass is 16.5. The first-order chi connectivity index (χ1) is 16.4. The van der Waals surface area contributed by atoms with Gasteiger partial charge in [-0.15, -0.1) is 4.91 Å². The van der Waals surface area contributed by atoms with Crippen molar-refractivity contribution in [2.24, 2.45) is 5.29 Å². The molecular weight excluding hydrogens is 438 g/mol. The highest BCUT2D eigenvalue weighted by molar-refractivity contribution is 5.88. The molecule has 2 aromatic carbocycles. The number of nitroso groups, excluding NO2 is 1. The Hall–Kier alpha value is -3.75. The van der Waals surface area contributed by atoms with E-state index in [1.807, 2.05) is 54.6 Å². The van der Waals surface area contributed by atoms with E-state index in [9.17, 15) is 24.4 Å². The molecule has 0 fully saturated rings. The molecule has 1 aliphatic heterocycles. The molecule has 1 aliphatic rings. The fraction of sp³-hybridized carbons (Fsp3) is 0.400. The molecular formula is C25H29N3O6. The van der Waals surface area contributed by atoms with E-state index in [0.717, 1.165) is 21.7 Å². The van der Waals surface area contributed by atoms with Crippen LogP contribution in [0.2, 0.25) is 0 Å². The van der Waals surface area contributed by atoms with E-state index in [4.69, 9.17) is 4.74 Å². The number of aryl methyl sites for hydroxylation is 1. The van der Waals surface area contributed by atoms with Gasteiger partial charge in [-0.25, -0.2) is 14.6 Å². The van der Waals surface area contributed by atoms with E-state index >= 15 is 0 Å². The molecule has 0 radical (unpaired) electrons. The van der Waals surface area contributed by atoms with Gasteiger partial charge in [0, 0.05) is 13.0 Å². The molecule has 1 N–H and O–H groups in total. The average Bonchev–Trinajstić information content (AvgIpc) is 2.85. The lowest BCUT2D eigenvalue weighted by Crippen LogP contribution is -2.56. The largest absolute Gasteiger partial charge is 0.480 e. The van der Waals surface area contributed by atoms with Crippen molar-refractivity contribution in [3.8, 4) is 0 Å². The number of amides is 1. The molecule has 1 heterocycles. The summed E-state index contributed by atoms with van der Waals surface area (Å²) in [5.41, 5.74) is 2.67. The number of fused-ring (bicyclic) bond motifs is 1. The number of hydrogen-bond acceptors (Lipinski definition) is 6. The van der Waals surface area contributed by atoms with Gasteiger partial charge in [-0.1, -0.05) is 54.6 Å². The number of carboxylic acids is 1. The van der Waals surface area contributed by atoms with Gasteiger partial charge in [0.15, 0.2) is 0 Å². The summed E-state index contributed by atoms with van der Waals surface area (Å²) in [7, 11) is 0. The zero-order chi connectivity index (χ0) is 24.7. The van der Waals surface area contributed by atoms with Crippen molar-refractivity contribution in [3.05, 3.63) is 76.2 Å². The third-order valence-electron chi connectivity index (χ3n) is 6.09. The third-order valence-corrected chi connectivity index (χ3v) is 6.09. The SMILES string of the molecule is CCOC(=O)[C@H](CCc1ccccc1)N(N=O)C(C)C(=O)N1Cc2ccccc2C[C@@H]1C(=O)O. The minimum atomic E-state index is -1.16. The van der Waals surface area contributed by atoms with Crippen LogP contribution in [0.5, 0.6) is 0 Å². The second kappa shape index (κ2) is 11.4. The molecule has 1 unspecified atom stereocenters. The van der Waals surface area contributed by atoms with E-state index < -0.39 is 36.0 Å². The molecule has 0 spiro atoms. The Kier molecular flexibility index (Phi) is 8.34. The number of esters is 1. The normalized spacial score (nSPS) is 16.6. The van der Waals surface area contributed by atoms with Crippen molar-refractivity contribution in [2.45, 2.75) is 57.8 Å². The van der Waals surface area contributed by atoms with Gasteiger partial charge in [0.1, 0.15) is 18.1 Å². The first-order valence-corrected chi connectivity index (χ1v) is 11.3. The van der Waals surface area contributed by atoms with Crippen molar-refractivity contribution in [3.63, 3.8) is 0 Å². The molecule has 0 aromatic heterocycles. The summed E-state index contributed by atoms with van der Waals surface area (Å²) in [6.45, 7) is 3.32. The van der Waals surface area contributed by atoms with Crippen LogP contribution in [0.3, 0.4) is 0 Å². The first kappa shape index (κ1) is 24.9. The average molecular weight is 468 g/mol. The standard InChI is InChI=1S/C25H29N3O6/c1-3-34-25(32)21(14-13-18-9-5-4-6-10-18)28(26-33)17(2)23(29)27-16-20-12-8-7-11-19(20)15-22(27)24(30)31/h4-12,17,21-22H,3,13-16H2,1-2H3,(H,30,31)/t17?,21-,22+/m0/s1. The Balaban J connectivity index is 1.84. The fourth-order valence-corrected chi connectivity index (χ4v) is 4.27. The molecule has 3 atom stereocenters. The summed E-state index contributed by atoms with van der Waals surface area (Å²) in [4.78, 5) is 51.3. The minimum absolute atomic E-state index is 0.0943. The zero-order valence-electron chi connectivity index (χ0n) is 19.3. The molecule has 3 rings (SSSR count). The van der Waals surface area contributed by atoms with Crippen molar-refractivity contribution < 1.29 is 24.2 Å². The molecule has 9 nitrogen and oxygen atoms in total. The smallest absolute Gasteiger partial charge is 0.330 e. The van der Waals surface area contributed by atoms with Gasteiger partial charge in [0.25, 0.3) is 0 Å². The molecule has 2 aromatic rings. The molecule has 34 heavy (non-hydrogen) atoms. The van der Waals surface area contributed by atoms with Gasteiger partial charge in [-0.3, -0.25) is 4.79 Å². The first-order valence-electron chi connectivity index (χ1n) is 11.3. The number of carbonyl (C=O) groups is 3. The highest BCUT2D eigenvalue weighted by Crippen LogP contribution is 2.26. The number of benzene rings is 2. The topological polar surface area (TPSA) is 117 Å². The van der Waals surface area contributed by atoms with Crippen molar-refractivity contribution in [1.29, 1.82) is 0 Å². The van der Waals surface area contributed by atoms with Crippen LogP contribution in [0.4, 0.5) is 0 Å². The van der Waals surface area contributed by atoms with Gasteiger partial charge >= 0.3 is 11.9 Å². The zero-order valence-corrected chi connectivity index (χ0v) is 19.3. The fourth-order valence-electron chi connectivity index (χ4n) is 4.27. The summed E-state index contributed by atoms with van der Waals surface area (Å²) in [6, 6.07) is 13.4. The Morgan fingerprint density at radius 2 is 1.76 bits per heavy atom. The molecule has 0 aliphatic carbocycles. The highest BCUT2D eigenvalue weighted by Gasteiger charge is 2.41. The van der Waals surface area contributed by atoms with E-state index in [1.54, 1.807) is 6.92 Å². The summed E-state index contributed by atoms with van der Waals surface area (Å²) in [5.74, 6) is -2.38. The number of nitrogens with zero attached hydrogens (tertiary/aromatic N) is 3. The lowest BCUT2D eigenvalue weighted by atomic mass is 9.93. The Labute approximate surface area is 198 Å². The maximum absolute atomic E-state index is 13.5. The van der Waals surface area contributed by atoms with Crippen LogP contribution < -0.4 is 0 Å². The molecule has 0 bridgehead atoms. The summed E-state index contributed by atoms with van der Waals surface area (Å²) in [5, 5.41) is 13.7. The van der Waals surface area contributed by atoms with Crippen LogP contribution in [-0.4, -0.2) is 57.6 Å². The number of aliphatic carboxylic acids is 1. The van der Waals surface area contributed by atoms with Crippen LogP contribution >= 0.6 is 0 Å². The van der Waals surface area contributed by atoms with Gasteiger partial charge in [-0.05, 0) is 43.4 Å². The number of carbonyl (C=O) groups excluding carboxylic acids is 2. The molecule has 9 heteroatoms. The second-order valence-electron chi connectivity index (χ2n) is 8.22. The van der Waals surface area contributed by atoms with E-state index in [-0.39, 0.29) is 26.0 Å². The van der Waals surface area contributed by atoms with Crippen LogP contribution in [0.25, 0.3) is 0 Å². The van der Waals surface area contributed by atoms with Gasteiger partial charge < -0.3 is 14.7 Å². The number of rotatable bonds is 10. The van der Waals surface area contributed by atoms with Crippen molar-refractivity contribution in [1.82, 2.24) is 9.91 Å². The van der Waals surface area contributed by atoms with Gasteiger partial charge in [0.2, 0.25) is 5.91 Å². The Morgan fingerprint density at radius 1 is 1.12 bits per heavy atom. The predicted molar refractivity (Wildman–Crippen MR) is 124 cm³/mol. The minimum Gasteiger partial charge on any atom is -0.480 e. The van der Waals surface area contributed by atoms with Crippen LogP contribution in [-0.2, 0) is 38.5 Å². The van der Waals surface area contributed by atoms with Crippen LogP contribution in [0, 0.1) is 4.91 Å². The van der Waals surface area contributed by atoms with E-state index in [0.29, 0.717) is 6.42 Å². The van der Waals surface area contributed by atoms with E-state index in [1.165, 1.54) is 11.8 Å². The number of ether oxygens (including phenoxy) is 1. The molecule has 0 saturated heterocycles. The van der Waals surface area contributed by atoms with Crippen LogP contribution in [0.15, 0.2) is 59.9 Å². The number of hydrogen-bond donors (Lipinski definition) is 1. The molecule has 180 valence electrons. The van der Waals surface area contributed by atoms with Crippen molar-refractivity contribution >= 4 is 17.8 Å². The van der Waals surface area contributed by atoms with Crippen LogP contribution in [0.1, 0.15) is 37.0 Å². The molecule has 0 saturated carbocycles.